The van der Waals surface area contributed by atoms with Crippen LogP contribution < -0.4 is 14.2 Å². The smallest absolute Gasteiger partial charge is 0.427 e. The normalized spacial score (nSPS) is 23.7. The van der Waals surface area contributed by atoms with E-state index in [9.17, 15) is 40.8 Å². The van der Waals surface area contributed by atoms with Gasteiger partial charge in [0.25, 0.3) is 0 Å². The zero-order valence-electron chi connectivity index (χ0n) is 33.4. The van der Waals surface area contributed by atoms with E-state index in [2.05, 4.69) is 11.6 Å². The summed E-state index contributed by atoms with van der Waals surface area (Å²) in [5.41, 5.74) is -6.20. The number of amides is 2. The second kappa shape index (κ2) is 15.8. The number of ketones is 1. The minimum Gasteiger partial charge on any atom is -0.497 e. The number of fused-ring (bicyclic) bond motifs is 1. The number of esters is 1. The summed E-state index contributed by atoms with van der Waals surface area (Å²) in [4.78, 5) is 61.4. The van der Waals surface area contributed by atoms with Gasteiger partial charge in [0.2, 0.25) is 23.3 Å². The lowest BCUT2D eigenvalue weighted by atomic mass is 9.77. The third-order valence-electron chi connectivity index (χ3n) is 11.3. The molecule has 3 aliphatic rings. The Kier molecular flexibility index (Phi) is 12.2. The molecule has 13 nitrogen and oxygen atoms in total. The van der Waals surface area contributed by atoms with E-state index in [1.807, 2.05) is 11.6 Å². The fraction of sp³-hybridized carbons (Fsp3) is 0.625. The van der Waals surface area contributed by atoms with E-state index in [1.54, 1.807) is 45.0 Å². The number of carbonyl (C=O) groups is 4. The van der Waals surface area contributed by atoms with Crippen LogP contribution in [-0.4, -0.2) is 85.0 Å². The molecule has 57 heavy (non-hydrogen) atoms. The van der Waals surface area contributed by atoms with Crippen LogP contribution in [0.4, 0.5) is 13.2 Å². The number of halogens is 3. The maximum absolute atomic E-state index is 14.6. The molecule has 2 amide bonds. The largest absolute Gasteiger partial charge is 0.497 e. The van der Waals surface area contributed by atoms with Crippen molar-refractivity contribution in [3.8, 4) is 11.6 Å². The third-order valence-corrected chi connectivity index (χ3v) is 12.3. The van der Waals surface area contributed by atoms with Crippen LogP contribution in [0.5, 0.6) is 11.6 Å². The van der Waals surface area contributed by atoms with Crippen molar-refractivity contribution in [1.82, 2.24) is 14.6 Å². The Morgan fingerprint density at radius 1 is 1.11 bits per heavy atom. The minimum atomic E-state index is -4.88. The zero-order valence-corrected chi connectivity index (χ0v) is 34.2. The van der Waals surface area contributed by atoms with Crippen LogP contribution in [0.2, 0.25) is 0 Å². The van der Waals surface area contributed by atoms with Crippen LogP contribution in [0.3, 0.4) is 0 Å². The number of aromatic nitrogens is 1. The van der Waals surface area contributed by atoms with Crippen LogP contribution in [0.1, 0.15) is 92.9 Å². The summed E-state index contributed by atoms with van der Waals surface area (Å²) in [6.45, 7) is 11.8. The monoisotopic (exact) mass is 823 g/mol. The van der Waals surface area contributed by atoms with E-state index in [1.165, 1.54) is 24.3 Å². The summed E-state index contributed by atoms with van der Waals surface area (Å²) in [5.74, 6) is -4.49. The number of pyridine rings is 1. The van der Waals surface area contributed by atoms with Gasteiger partial charge in [-0.1, -0.05) is 40.2 Å². The number of methoxy groups -OCH3 is 1. The van der Waals surface area contributed by atoms with E-state index in [-0.39, 0.29) is 25.3 Å². The van der Waals surface area contributed by atoms with Gasteiger partial charge < -0.3 is 19.1 Å². The first-order valence-electron chi connectivity index (χ1n) is 19.0. The Balaban J connectivity index is 1.43. The molecule has 1 aromatic carbocycles. The van der Waals surface area contributed by atoms with E-state index in [4.69, 9.17) is 18.4 Å². The number of hydrogen-bond donors (Lipinski definition) is 1. The Morgan fingerprint density at radius 3 is 2.35 bits per heavy atom. The number of nitrogens with zero attached hydrogens (tertiary/aromatic N) is 2. The molecule has 17 heteroatoms. The summed E-state index contributed by atoms with van der Waals surface area (Å²) in [7, 11) is -3.01. The summed E-state index contributed by atoms with van der Waals surface area (Å²) in [5, 5.41) is 1.36. The van der Waals surface area contributed by atoms with E-state index < -0.39 is 98.9 Å². The molecule has 0 spiro atoms. The van der Waals surface area contributed by atoms with Gasteiger partial charge in [0.1, 0.15) is 11.9 Å². The van der Waals surface area contributed by atoms with Crippen molar-refractivity contribution in [1.29, 1.82) is 0 Å². The number of carbonyl (C=O) groups excluding carboxylic acids is 4. The number of ether oxygens (including phenoxy) is 3. The van der Waals surface area contributed by atoms with Gasteiger partial charge in [-0.05, 0) is 80.5 Å². The van der Waals surface area contributed by atoms with Crippen LogP contribution in [0.15, 0.2) is 43.1 Å². The maximum Gasteiger partial charge on any atom is 0.427 e. The summed E-state index contributed by atoms with van der Waals surface area (Å²) < 4.78 is 90.8. The average molecular weight is 824 g/mol. The fourth-order valence-corrected chi connectivity index (χ4v) is 8.70. The molecular formula is C40H52F3N3O10S. The number of alkyl halides is 3. The highest BCUT2D eigenvalue weighted by Crippen LogP contribution is 2.57. The molecule has 1 N–H and O–H groups in total. The molecule has 314 valence electrons. The molecule has 5 atom stereocenters. The maximum atomic E-state index is 14.6. The average Bonchev–Trinajstić information content (AvgIpc) is 3.98. The van der Waals surface area contributed by atoms with Crippen molar-refractivity contribution in [2.45, 2.75) is 122 Å². The number of likely N-dealkylation sites (tertiary alicyclic amines) is 1. The lowest BCUT2D eigenvalue weighted by Crippen LogP contribution is -2.49. The van der Waals surface area contributed by atoms with Crippen LogP contribution >= 0.6 is 0 Å². The minimum absolute atomic E-state index is 0.0708. The Morgan fingerprint density at radius 2 is 1.79 bits per heavy atom. The molecule has 2 aromatic rings. The lowest BCUT2D eigenvalue weighted by Gasteiger charge is -2.35. The first-order chi connectivity index (χ1) is 26.4. The van der Waals surface area contributed by atoms with Gasteiger partial charge >= 0.3 is 22.4 Å². The van der Waals surface area contributed by atoms with Gasteiger partial charge in [-0.3, -0.25) is 19.2 Å². The topological polar surface area (TPSA) is 168 Å². The molecule has 3 fully saturated rings. The molecule has 2 aliphatic carbocycles. The number of benzene rings is 1. The molecule has 2 saturated carbocycles. The lowest BCUT2D eigenvalue weighted by molar-refractivity contribution is -0.257. The molecule has 1 saturated heterocycles. The number of allylic oxidation sites excluding steroid dienone is 1. The SMILES string of the molecule is C=C[C@@H]1C[C@]1(CC(=O)[C@@H]1C[C@@H](Oc2nccc3cc(OC)ccc23)CN1C(=O)[C@@H](CC(=O)OC(C)(C)C(F)(F)F)C(C)(C)C)C(=O)NS(=O)(=O)OC1(CCC)CC1. The van der Waals surface area contributed by atoms with E-state index >= 15 is 0 Å². The number of hydrogen-bond acceptors (Lipinski definition) is 11. The second-order valence-corrected chi connectivity index (χ2v) is 18.3. The van der Waals surface area contributed by atoms with Gasteiger partial charge in [-0.25, -0.2) is 13.9 Å². The highest BCUT2D eigenvalue weighted by molar-refractivity contribution is 7.85. The fourth-order valence-electron chi connectivity index (χ4n) is 7.51. The van der Waals surface area contributed by atoms with Crippen molar-refractivity contribution in [3.63, 3.8) is 0 Å². The first kappa shape index (κ1) is 43.9. The Labute approximate surface area is 331 Å². The molecule has 5 rings (SSSR count). The highest BCUT2D eigenvalue weighted by atomic mass is 32.2. The van der Waals surface area contributed by atoms with Crippen LogP contribution in [-0.2, 0) is 38.4 Å². The predicted molar refractivity (Wildman–Crippen MR) is 202 cm³/mol. The van der Waals surface area contributed by atoms with Crippen LogP contribution in [0.25, 0.3) is 10.8 Å². The number of rotatable bonds is 17. The number of nitrogens with one attached hydrogen (secondary N) is 1. The zero-order chi connectivity index (χ0) is 42.4. The van der Waals surface area contributed by atoms with Gasteiger partial charge in [-0.2, -0.15) is 21.6 Å². The van der Waals surface area contributed by atoms with Crippen molar-refractivity contribution >= 4 is 44.6 Å². The summed E-state index contributed by atoms with van der Waals surface area (Å²) in [6.07, 6.45) is -1.65. The second-order valence-electron chi connectivity index (χ2n) is 17.0. The third kappa shape index (κ3) is 9.73. The van der Waals surface area contributed by atoms with Gasteiger partial charge in [0.05, 0.1) is 43.1 Å². The standard InChI is InChI=1S/C40H52F3N3O10S/c1-9-14-38(15-16-38)56-57(51,52)45-35(50)39(21-25(39)10-2)22-31(47)30-19-27(54-33-28-12-11-26(53-8)18-24(28)13-17-44-33)23-46(30)34(49)29(36(3,4)5)20-32(48)55-37(6,7)40(41,42)43/h10-13,17-18,25,27,29-30H,2,9,14-16,19-23H2,1,3-8H3,(H,45,50)/t25-,27-,29-,30+,39-/m1/s1. The molecule has 0 bridgehead atoms. The predicted octanol–water partition coefficient (Wildman–Crippen LogP) is 6.39. The molecule has 2 heterocycles. The molecule has 0 radical (unpaired) electrons. The first-order valence-corrected chi connectivity index (χ1v) is 20.4. The van der Waals surface area contributed by atoms with E-state index in [0.29, 0.717) is 50.7 Å². The quantitative estimate of drug-likeness (QED) is 0.139. The summed E-state index contributed by atoms with van der Waals surface area (Å²) in [6, 6.07) is 5.77. The van der Waals surface area contributed by atoms with Crippen molar-refractivity contribution in [2.75, 3.05) is 13.7 Å². The van der Waals surface area contributed by atoms with Crippen molar-refractivity contribution < 1.29 is 59.2 Å². The molecular weight excluding hydrogens is 772 g/mol. The van der Waals surface area contributed by atoms with Crippen molar-refractivity contribution in [2.24, 2.45) is 22.7 Å². The number of Topliss-reactive ketones (excluding diaryl/α,β-unsaturated/α-hetero) is 1. The molecule has 1 aromatic heterocycles. The molecule has 1 aliphatic heterocycles. The van der Waals surface area contributed by atoms with Gasteiger partial charge in [0.15, 0.2) is 5.78 Å². The van der Waals surface area contributed by atoms with Crippen LogP contribution in [0, 0.1) is 22.7 Å². The Hall–Kier alpha value is -4.25. The summed E-state index contributed by atoms with van der Waals surface area (Å²) >= 11 is 0. The van der Waals surface area contributed by atoms with Crippen molar-refractivity contribution in [3.05, 3.63) is 43.1 Å². The van der Waals surface area contributed by atoms with E-state index in [0.717, 1.165) is 5.39 Å². The van der Waals surface area contributed by atoms with Gasteiger partial charge in [0, 0.05) is 24.4 Å². The molecule has 0 unspecified atom stereocenters. The highest BCUT2D eigenvalue weighted by Gasteiger charge is 2.62. The van der Waals surface area contributed by atoms with Gasteiger partial charge in [-0.15, -0.1) is 6.58 Å². The Bertz CT molecular complexity index is 2010.